The van der Waals surface area contributed by atoms with Crippen molar-refractivity contribution in [1.29, 1.82) is 0 Å². The van der Waals surface area contributed by atoms with E-state index in [1.165, 1.54) is 52.8 Å². The van der Waals surface area contributed by atoms with Gasteiger partial charge in [-0.25, -0.2) is 0 Å². The van der Waals surface area contributed by atoms with Gasteiger partial charge in [0, 0.05) is 20.2 Å². The fraction of sp³-hybridized carbons (Fsp3) is 0.188. The first kappa shape index (κ1) is 22.1. The smallest absolute Gasteiger partial charge is 0.399 e. The summed E-state index contributed by atoms with van der Waals surface area (Å²) in [6, 6.07) is 33.4. The predicted molar refractivity (Wildman–Crippen MR) is 155 cm³/mol. The van der Waals surface area contributed by atoms with Crippen LogP contribution in [-0.2, 0) is 9.31 Å². The van der Waals surface area contributed by atoms with Crippen LogP contribution in [0.3, 0.4) is 0 Å². The lowest BCUT2D eigenvalue weighted by atomic mass is 9.78. The molecule has 1 aromatic heterocycles. The average Bonchev–Trinajstić information content (AvgIpc) is 3.35. The summed E-state index contributed by atoms with van der Waals surface area (Å²) in [5.74, 6) is 0. The Morgan fingerprint density at radius 1 is 0.556 bits per heavy atom. The number of rotatable bonds is 2. The third kappa shape index (κ3) is 3.32. The molecule has 0 bridgehead atoms. The van der Waals surface area contributed by atoms with E-state index in [2.05, 4.69) is 119 Å². The zero-order chi connectivity index (χ0) is 24.7. The van der Waals surface area contributed by atoms with Gasteiger partial charge in [0.2, 0.25) is 0 Å². The van der Waals surface area contributed by atoms with Gasteiger partial charge in [-0.3, -0.25) is 0 Å². The van der Waals surface area contributed by atoms with Gasteiger partial charge in [0.1, 0.15) is 0 Å². The molecule has 2 heterocycles. The van der Waals surface area contributed by atoms with E-state index in [4.69, 9.17) is 9.31 Å². The second-order valence-electron chi connectivity index (χ2n) is 10.9. The van der Waals surface area contributed by atoms with Crippen molar-refractivity contribution >= 4 is 65.6 Å². The zero-order valence-electron chi connectivity index (χ0n) is 21.0. The lowest BCUT2D eigenvalue weighted by Crippen LogP contribution is -2.41. The van der Waals surface area contributed by atoms with Crippen LogP contribution in [0, 0.1) is 0 Å². The van der Waals surface area contributed by atoms with Crippen molar-refractivity contribution in [3.05, 3.63) is 91.0 Å². The molecule has 0 spiro atoms. The normalized spacial score (nSPS) is 17.1. The summed E-state index contributed by atoms with van der Waals surface area (Å²) < 4.78 is 15.2. The van der Waals surface area contributed by atoms with E-state index in [0.717, 1.165) is 5.46 Å². The van der Waals surface area contributed by atoms with E-state index in [0.29, 0.717) is 0 Å². The van der Waals surface area contributed by atoms with Crippen molar-refractivity contribution in [2.24, 2.45) is 0 Å². The van der Waals surface area contributed by atoms with Crippen molar-refractivity contribution in [2.45, 2.75) is 38.9 Å². The quantitative estimate of drug-likeness (QED) is 0.181. The van der Waals surface area contributed by atoms with Crippen molar-refractivity contribution in [2.75, 3.05) is 0 Å². The molecular weight excluding hydrogens is 459 g/mol. The minimum atomic E-state index is -0.347. The largest absolute Gasteiger partial charge is 0.494 e. The summed E-state index contributed by atoms with van der Waals surface area (Å²) in [6.45, 7) is 8.38. The van der Waals surface area contributed by atoms with Gasteiger partial charge in [0.25, 0.3) is 0 Å². The monoisotopic (exact) mass is 486 g/mol. The maximum atomic E-state index is 6.28. The fourth-order valence-corrected chi connectivity index (χ4v) is 6.39. The minimum absolute atomic E-state index is 0.343. The molecule has 5 aromatic carbocycles. The summed E-state index contributed by atoms with van der Waals surface area (Å²) in [5.41, 5.74) is 2.88. The topological polar surface area (TPSA) is 18.5 Å². The standard InChI is InChI=1S/C32H27BO2S/c1-31(2)32(3,4)35-33(34-31)24-13-15-26-23(18-24)10-9-22-17-20(11-14-25(22)26)21-12-16-30-28(19-21)27-7-5-6-8-29(27)36-30/h5-19H,1-4H3. The highest BCUT2D eigenvalue weighted by Gasteiger charge is 2.51. The molecule has 1 aliphatic heterocycles. The Morgan fingerprint density at radius 2 is 1.17 bits per heavy atom. The first-order valence-corrected chi connectivity index (χ1v) is 13.3. The lowest BCUT2D eigenvalue weighted by Gasteiger charge is -2.32. The third-order valence-corrected chi connectivity index (χ3v) is 9.25. The maximum Gasteiger partial charge on any atom is 0.494 e. The zero-order valence-corrected chi connectivity index (χ0v) is 21.8. The Kier molecular flexibility index (Phi) is 4.69. The SMILES string of the molecule is CC1(C)OB(c2ccc3c(ccc4cc(-c5ccc6sc7ccccc7c6c5)ccc43)c2)OC1(C)C. The van der Waals surface area contributed by atoms with E-state index in [1.54, 1.807) is 0 Å². The van der Waals surface area contributed by atoms with Gasteiger partial charge < -0.3 is 9.31 Å². The van der Waals surface area contributed by atoms with Crippen LogP contribution in [0.15, 0.2) is 91.0 Å². The summed E-state index contributed by atoms with van der Waals surface area (Å²) in [4.78, 5) is 0. The minimum Gasteiger partial charge on any atom is -0.399 e. The summed E-state index contributed by atoms with van der Waals surface area (Å²) in [7, 11) is -0.347. The Bertz CT molecular complexity index is 1800. The van der Waals surface area contributed by atoms with Gasteiger partial charge in [-0.2, -0.15) is 0 Å². The summed E-state index contributed by atoms with van der Waals surface area (Å²) in [5, 5.41) is 7.63. The van der Waals surface area contributed by atoms with Crippen LogP contribution in [0.4, 0.5) is 0 Å². The van der Waals surface area contributed by atoms with Gasteiger partial charge >= 0.3 is 7.12 Å². The van der Waals surface area contributed by atoms with Crippen molar-refractivity contribution in [3.8, 4) is 11.1 Å². The van der Waals surface area contributed by atoms with Crippen LogP contribution in [0.25, 0.3) is 52.8 Å². The maximum absolute atomic E-state index is 6.28. The number of thiophene rings is 1. The molecule has 0 aliphatic carbocycles. The molecule has 0 N–H and O–H groups in total. The molecule has 7 rings (SSSR count). The Labute approximate surface area is 215 Å². The van der Waals surface area contributed by atoms with Crippen molar-refractivity contribution in [1.82, 2.24) is 0 Å². The lowest BCUT2D eigenvalue weighted by molar-refractivity contribution is 0.00578. The van der Waals surface area contributed by atoms with E-state index in [-0.39, 0.29) is 18.3 Å². The van der Waals surface area contributed by atoms with Crippen LogP contribution < -0.4 is 5.46 Å². The number of hydrogen-bond donors (Lipinski definition) is 0. The van der Waals surface area contributed by atoms with Crippen LogP contribution in [0.5, 0.6) is 0 Å². The van der Waals surface area contributed by atoms with Gasteiger partial charge in [0.05, 0.1) is 11.2 Å². The Morgan fingerprint density at radius 3 is 1.94 bits per heavy atom. The van der Waals surface area contributed by atoms with E-state index >= 15 is 0 Å². The third-order valence-electron chi connectivity index (χ3n) is 8.10. The highest BCUT2D eigenvalue weighted by atomic mass is 32.1. The molecule has 176 valence electrons. The predicted octanol–water partition coefficient (Wildman–Crippen LogP) is 8.33. The second kappa shape index (κ2) is 7.66. The number of hydrogen-bond acceptors (Lipinski definition) is 3. The van der Waals surface area contributed by atoms with Crippen LogP contribution in [0.2, 0.25) is 0 Å². The molecule has 4 heteroatoms. The first-order valence-electron chi connectivity index (χ1n) is 12.5. The molecule has 0 atom stereocenters. The molecule has 6 aromatic rings. The number of fused-ring (bicyclic) bond motifs is 6. The molecule has 1 aliphatic rings. The van der Waals surface area contributed by atoms with Crippen molar-refractivity contribution in [3.63, 3.8) is 0 Å². The molecule has 0 saturated carbocycles. The molecule has 0 amide bonds. The van der Waals surface area contributed by atoms with Gasteiger partial charge in [0.15, 0.2) is 0 Å². The molecule has 36 heavy (non-hydrogen) atoms. The highest BCUT2D eigenvalue weighted by Crippen LogP contribution is 2.38. The average molecular weight is 486 g/mol. The molecule has 1 saturated heterocycles. The first-order chi connectivity index (χ1) is 17.3. The summed E-state index contributed by atoms with van der Waals surface area (Å²) >= 11 is 1.86. The Hall–Kier alpha value is -3.18. The molecular formula is C32H27BO2S. The van der Waals surface area contributed by atoms with Crippen LogP contribution >= 0.6 is 11.3 Å². The second-order valence-corrected chi connectivity index (χ2v) is 12.0. The fourth-order valence-electron chi connectivity index (χ4n) is 5.30. The molecule has 2 nitrogen and oxygen atoms in total. The van der Waals surface area contributed by atoms with Gasteiger partial charge in [-0.05, 0) is 90.1 Å². The summed E-state index contributed by atoms with van der Waals surface area (Å²) in [6.07, 6.45) is 0. The molecule has 1 fully saturated rings. The van der Waals surface area contributed by atoms with Crippen LogP contribution in [-0.4, -0.2) is 18.3 Å². The van der Waals surface area contributed by atoms with Gasteiger partial charge in [-0.1, -0.05) is 66.7 Å². The van der Waals surface area contributed by atoms with E-state index in [9.17, 15) is 0 Å². The van der Waals surface area contributed by atoms with Gasteiger partial charge in [-0.15, -0.1) is 11.3 Å². The van der Waals surface area contributed by atoms with E-state index < -0.39 is 0 Å². The van der Waals surface area contributed by atoms with Crippen LogP contribution in [0.1, 0.15) is 27.7 Å². The molecule has 0 unspecified atom stereocenters. The van der Waals surface area contributed by atoms with E-state index in [1.807, 2.05) is 11.3 Å². The highest BCUT2D eigenvalue weighted by molar-refractivity contribution is 7.25. The Balaban J connectivity index is 1.28. The van der Waals surface area contributed by atoms with Crippen molar-refractivity contribution < 1.29 is 9.31 Å². The number of benzene rings is 5. The molecule has 0 radical (unpaired) electrons.